The lowest BCUT2D eigenvalue weighted by atomic mass is 10.2. The second-order valence-electron chi connectivity index (χ2n) is 4.26. The van der Waals surface area contributed by atoms with Crippen LogP contribution < -0.4 is 5.32 Å². The highest BCUT2D eigenvalue weighted by molar-refractivity contribution is 6.29. The van der Waals surface area contributed by atoms with Gasteiger partial charge in [-0.2, -0.15) is 0 Å². The third-order valence-corrected chi connectivity index (χ3v) is 2.98. The number of hydrogen-bond acceptors (Lipinski definition) is 4. The summed E-state index contributed by atoms with van der Waals surface area (Å²) in [5, 5.41) is 2.18. The molecule has 1 aromatic carbocycles. The minimum atomic E-state index is -0.869. The fraction of sp³-hybridized carbons (Fsp3) is 0.143. The van der Waals surface area contributed by atoms with E-state index in [2.05, 4.69) is 15.0 Å². The molecule has 4 nitrogen and oxygen atoms in total. The molecule has 1 aromatic heterocycles. The number of hydrogen-bond donors (Lipinski definition) is 1. The summed E-state index contributed by atoms with van der Waals surface area (Å²) in [6, 6.07) is 5.35. The largest absolute Gasteiger partial charge is 0.465 e. The number of carbonyl (C=O) groups is 1. The van der Waals surface area contributed by atoms with Crippen LogP contribution in [0.2, 0.25) is 5.15 Å². The van der Waals surface area contributed by atoms with Gasteiger partial charge < -0.3 is 10.1 Å². The Morgan fingerprint density at radius 1 is 1.29 bits per heavy atom. The molecule has 0 unspecified atom stereocenters. The first-order valence-electron chi connectivity index (χ1n) is 5.90. The van der Waals surface area contributed by atoms with Gasteiger partial charge in [0.15, 0.2) is 11.0 Å². The number of anilines is 2. The zero-order valence-electron chi connectivity index (χ0n) is 11.2. The normalized spacial score (nSPS) is 10.3. The van der Waals surface area contributed by atoms with Crippen molar-refractivity contribution in [3.63, 3.8) is 0 Å². The van der Waals surface area contributed by atoms with Gasteiger partial charge in [0.25, 0.3) is 0 Å². The summed E-state index contributed by atoms with van der Waals surface area (Å²) in [5.74, 6) is -2.30. The van der Waals surface area contributed by atoms with Crippen LogP contribution in [0.4, 0.5) is 20.3 Å². The third-order valence-electron chi connectivity index (χ3n) is 2.72. The van der Waals surface area contributed by atoms with E-state index in [1.54, 1.807) is 13.0 Å². The van der Waals surface area contributed by atoms with Crippen molar-refractivity contribution in [3.8, 4) is 0 Å². The molecule has 110 valence electrons. The number of methoxy groups -OCH3 is 1. The lowest BCUT2D eigenvalue weighted by Gasteiger charge is -2.11. The number of ether oxygens (including phenoxy) is 1. The van der Waals surface area contributed by atoms with E-state index in [4.69, 9.17) is 11.6 Å². The number of halogens is 3. The maximum Gasteiger partial charge on any atom is 0.341 e. The van der Waals surface area contributed by atoms with Gasteiger partial charge in [-0.3, -0.25) is 0 Å². The molecule has 2 aromatic rings. The van der Waals surface area contributed by atoms with Crippen molar-refractivity contribution in [2.75, 3.05) is 12.4 Å². The lowest BCUT2D eigenvalue weighted by molar-refractivity contribution is 0.0601. The molecule has 0 radical (unpaired) electrons. The van der Waals surface area contributed by atoms with Gasteiger partial charge in [0, 0.05) is 0 Å². The van der Waals surface area contributed by atoms with Gasteiger partial charge in [-0.15, -0.1) is 0 Å². The molecule has 0 atom stereocenters. The van der Waals surface area contributed by atoms with Crippen molar-refractivity contribution in [2.24, 2.45) is 0 Å². The van der Waals surface area contributed by atoms with Crippen LogP contribution in [-0.4, -0.2) is 18.1 Å². The monoisotopic (exact) mass is 312 g/mol. The van der Waals surface area contributed by atoms with Crippen molar-refractivity contribution in [2.45, 2.75) is 6.92 Å². The summed E-state index contributed by atoms with van der Waals surface area (Å²) in [6.07, 6.45) is 0. The molecule has 0 saturated heterocycles. The molecule has 21 heavy (non-hydrogen) atoms. The number of esters is 1. The molecular formula is C14H11ClF2N2O2. The van der Waals surface area contributed by atoms with Crippen LogP contribution in [-0.2, 0) is 4.74 Å². The first-order chi connectivity index (χ1) is 9.92. The quantitative estimate of drug-likeness (QED) is 0.691. The fourth-order valence-electron chi connectivity index (χ4n) is 1.68. The summed E-state index contributed by atoms with van der Waals surface area (Å²) >= 11 is 5.59. The highest BCUT2D eigenvalue weighted by atomic mass is 35.5. The third kappa shape index (κ3) is 3.28. The summed E-state index contributed by atoms with van der Waals surface area (Å²) in [7, 11) is 1.14. The Morgan fingerprint density at radius 2 is 2.00 bits per heavy atom. The highest BCUT2D eigenvalue weighted by Crippen LogP contribution is 2.26. The van der Waals surface area contributed by atoms with Crippen LogP contribution in [0.15, 0.2) is 24.3 Å². The Balaban J connectivity index is 2.47. The Kier molecular flexibility index (Phi) is 4.37. The van der Waals surface area contributed by atoms with Crippen molar-refractivity contribution in [1.29, 1.82) is 0 Å². The predicted octanol–water partition coefficient (Wildman–Crippen LogP) is 3.85. The lowest BCUT2D eigenvalue weighted by Crippen LogP contribution is -2.09. The standard InChI is InChI=1S/C14H11ClF2N2O2/c1-7-3-4-11(9(16)5-7)18-13-8(14(20)21-2)6-10(17)12(15)19-13/h3-6H,1-2H3,(H,18,19). The maximum atomic E-state index is 13.8. The zero-order valence-corrected chi connectivity index (χ0v) is 12.0. The van der Waals surface area contributed by atoms with Crippen LogP contribution in [0.3, 0.4) is 0 Å². The Morgan fingerprint density at radius 3 is 2.62 bits per heavy atom. The van der Waals surface area contributed by atoms with Crippen molar-refractivity contribution < 1.29 is 18.3 Å². The molecule has 0 saturated carbocycles. The van der Waals surface area contributed by atoms with E-state index in [9.17, 15) is 13.6 Å². The second kappa shape index (κ2) is 6.05. The molecule has 0 spiro atoms. The maximum absolute atomic E-state index is 13.8. The number of rotatable bonds is 3. The van der Waals surface area contributed by atoms with Crippen molar-refractivity contribution in [1.82, 2.24) is 4.98 Å². The van der Waals surface area contributed by atoms with E-state index < -0.39 is 22.8 Å². The topological polar surface area (TPSA) is 51.2 Å². The molecule has 0 bridgehead atoms. The van der Waals surface area contributed by atoms with Gasteiger partial charge in [-0.05, 0) is 30.7 Å². The molecule has 1 N–H and O–H groups in total. The Bertz CT molecular complexity index is 708. The Hall–Kier alpha value is -2.21. The van der Waals surface area contributed by atoms with Crippen LogP contribution in [0.1, 0.15) is 15.9 Å². The van der Waals surface area contributed by atoms with Crippen molar-refractivity contribution in [3.05, 3.63) is 52.2 Å². The van der Waals surface area contributed by atoms with Gasteiger partial charge in [0.2, 0.25) is 0 Å². The van der Waals surface area contributed by atoms with E-state index in [0.717, 1.165) is 18.7 Å². The summed E-state index contributed by atoms with van der Waals surface area (Å²) in [6.45, 7) is 1.74. The highest BCUT2D eigenvalue weighted by Gasteiger charge is 2.18. The van der Waals surface area contributed by atoms with E-state index in [1.807, 2.05) is 0 Å². The zero-order chi connectivity index (χ0) is 15.6. The molecule has 1 heterocycles. The minimum Gasteiger partial charge on any atom is -0.465 e. The summed E-state index contributed by atoms with van der Waals surface area (Å²) in [5.41, 5.74) is 0.636. The number of aryl methyl sites for hydroxylation is 1. The number of carbonyl (C=O) groups excluding carboxylic acids is 1. The van der Waals surface area contributed by atoms with Gasteiger partial charge >= 0.3 is 5.97 Å². The molecule has 2 rings (SSSR count). The number of pyridine rings is 1. The summed E-state index contributed by atoms with van der Waals surface area (Å²) < 4.78 is 31.8. The molecular weight excluding hydrogens is 302 g/mol. The van der Waals surface area contributed by atoms with Gasteiger partial charge in [-0.25, -0.2) is 18.6 Å². The SMILES string of the molecule is COC(=O)c1cc(F)c(Cl)nc1Nc1ccc(C)cc1F. The number of nitrogens with zero attached hydrogens (tertiary/aromatic N) is 1. The van der Waals surface area contributed by atoms with E-state index in [0.29, 0.717) is 0 Å². The number of nitrogens with one attached hydrogen (secondary N) is 1. The first kappa shape index (κ1) is 15.2. The van der Waals surface area contributed by atoms with Gasteiger partial charge in [-0.1, -0.05) is 17.7 Å². The second-order valence-corrected chi connectivity index (χ2v) is 4.62. The first-order valence-corrected chi connectivity index (χ1v) is 6.27. The summed E-state index contributed by atoms with van der Waals surface area (Å²) in [4.78, 5) is 15.3. The molecule has 7 heteroatoms. The van der Waals surface area contributed by atoms with E-state index in [-0.39, 0.29) is 17.1 Å². The van der Waals surface area contributed by atoms with E-state index in [1.165, 1.54) is 12.1 Å². The minimum absolute atomic E-state index is 0.0842. The van der Waals surface area contributed by atoms with Gasteiger partial charge in [0.1, 0.15) is 17.2 Å². The fourth-order valence-corrected chi connectivity index (χ4v) is 1.82. The number of benzene rings is 1. The predicted molar refractivity (Wildman–Crippen MR) is 75.0 cm³/mol. The Labute approximate surface area is 124 Å². The molecule has 0 aliphatic carbocycles. The van der Waals surface area contributed by atoms with Crippen molar-refractivity contribution >= 4 is 29.1 Å². The molecule has 0 amide bonds. The van der Waals surface area contributed by atoms with Crippen LogP contribution in [0.25, 0.3) is 0 Å². The van der Waals surface area contributed by atoms with Crippen LogP contribution >= 0.6 is 11.6 Å². The average molecular weight is 313 g/mol. The molecule has 0 aliphatic rings. The number of aromatic nitrogens is 1. The smallest absolute Gasteiger partial charge is 0.341 e. The molecule has 0 aliphatic heterocycles. The van der Waals surface area contributed by atoms with Gasteiger partial charge in [0.05, 0.1) is 12.8 Å². The molecule has 0 fully saturated rings. The average Bonchev–Trinajstić information content (AvgIpc) is 2.44. The van der Waals surface area contributed by atoms with Crippen LogP contribution in [0.5, 0.6) is 0 Å². The van der Waals surface area contributed by atoms with E-state index >= 15 is 0 Å². The van der Waals surface area contributed by atoms with Crippen LogP contribution in [0, 0.1) is 18.6 Å².